The molecule has 0 bridgehead atoms. The molecule has 0 aliphatic carbocycles. The van der Waals surface area contributed by atoms with Gasteiger partial charge in [0.25, 0.3) is 0 Å². The van der Waals surface area contributed by atoms with Crippen molar-refractivity contribution in [3.05, 3.63) is 35.5 Å². The van der Waals surface area contributed by atoms with Crippen molar-refractivity contribution in [1.82, 2.24) is 9.88 Å². The van der Waals surface area contributed by atoms with Crippen LogP contribution in [0.4, 0.5) is 0 Å². The number of aryl methyl sites for hydroxylation is 1. The van der Waals surface area contributed by atoms with E-state index in [2.05, 4.69) is 11.1 Å². The summed E-state index contributed by atoms with van der Waals surface area (Å²) in [4.78, 5) is 17.6. The number of likely N-dealkylation sites (tertiary alicyclic amines) is 1. The number of carbonyl (C=O) groups is 1. The molecule has 1 saturated heterocycles. The third-order valence-corrected chi connectivity index (χ3v) is 4.26. The van der Waals surface area contributed by atoms with E-state index in [1.54, 1.807) is 0 Å². The van der Waals surface area contributed by atoms with Gasteiger partial charge in [0.1, 0.15) is 0 Å². The van der Waals surface area contributed by atoms with E-state index < -0.39 is 0 Å². The van der Waals surface area contributed by atoms with Crippen LogP contribution in [0.15, 0.2) is 24.3 Å². The summed E-state index contributed by atoms with van der Waals surface area (Å²) in [6.45, 7) is 2.85. The molecule has 0 spiro atoms. The van der Waals surface area contributed by atoms with Crippen LogP contribution in [0.5, 0.6) is 0 Å². The first-order chi connectivity index (χ1) is 9.70. The molecule has 1 aromatic carbocycles. The Hall–Kier alpha value is -1.81. The van der Waals surface area contributed by atoms with Crippen molar-refractivity contribution >= 4 is 16.8 Å². The Bertz CT molecular complexity index is 632. The maximum absolute atomic E-state index is 12.5. The quantitative estimate of drug-likeness (QED) is 0.898. The molecule has 106 valence electrons. The van der Waals surface area contributed by atoms with Gasteiger partial charge in [0, 0.05) is 23.1 Å². The summed E-state index contributed by atoms with van der Waals surface area (Å²) in [5.74, 6) is 0.120. The highest BCUT2D eigenvalue weighted by Crippen LogP contribution is 2.24. The monoisotopic (exact) mass is 272 g/mol. The number of para-hydroxylation sites is 1. The minimum Gasteiger partial charge on any atom is -0.394 e. The number of fused-ring (bicyclic) bond motifs is 1. The number of H-pyrrole nitrogens is 1. The minimum atomic E-state index is 0.00742. The van der Waals surface area contributed by atoms with Crippen LogP contribution in [-0.2, 0) is 11.2 Å². The number of aliphatic hydroxyl groups excluding tert-OH is 1. The van der Waals surface area contributed by atoms with Gasteiger partial charge in [-0.25, -0.2) is 0 Å². The molecule has 3 rings (SSSR count). The van der Waals surface area contributed by atoms with Crippen LogP contribution in [0.2, 0.25) is 0 Å². The van der Waals surface area contributed by atoms with Gasteiger partial charge in [0.15, 0.2) is 0 Å². The third kappa shape index (κ3) is 2.20. The average molecular weight is 272 g/mol. The van der Waals surface area contributed by atoms with Crippen molar-refractivity contribution in [3.8, 4) is 0 Å². The number of aliphatic hydroxyl groups is 1. The largest absolute Gasteiger partial charge is 0.394 e. The van der Waals surface area contributed by atoms with Crippen LogP contribution < -0.4 is 0 Å². The highest BCUT2D eigenvalue weighted by atomic mass is 16.3. The summed E-state index contributed by atoms with van der Waals surface area (Å²) in [7, 11) is 0. The van der Waals surface area contributed by atoms with E-state index in [0.29, 0.717) is 6.42 Å². The number of aromatic amines is 1. The molecule has 2 heterocycles. The molecule has 1 amide bonds. The Morgan fingerprint density at radius 3 is 3.05 bits per heavy atom. The second-order valence-electron chi connectivity index (χ2n) is 5.52. The maximum Gasteiger partial charge on any atom is 0.227 e. The van der Waals surface area contributed by atoms with Crippen molar-refractivity contribution in [3.63, 3.8) is 0 Å². The van der Waals surface area contributed by atoms with Crippen molar-refractivity contribution in [1.29, 1.82) is 0 Å². The van der Waals surface area contributed by atoms with Crippen molar-refractivity contribution < 1.29 is 9.90 Å². The highest BCUT2D eigenvalue weighted by Gasteiger charge is 2.28. The van der Waals surface area contributed by atoms with Crippen LogP contribution in [0.25, 0.3) is 10.9 Å². The second kappa shape index (κ2) is 5.29. The summed E-state index contributed by atoms with van der Waals surface area (Å²) in [6.07, 6.45) is 2.31. The Morgan fingerprint density at radius 1 is 1.45 bits per heavy atom. The summed E-state index contributed by atoms with van der Waals surface area (Å²) < 4.78 is 0. The molecular formula is C16H20N2O2. The number of hydrogen-bond donors (Lipinski definition) is 2. The van der Waals surface area contributed by atoms with E-state index in [0.717, 1.165) is 41.5 Å². The normalized spacial score (nSPS) is 18.9. The molecule has 2 aromatic rings. The molecule has 1 aromatic heterocycles. The molecule has 1 fully saturated rings. The zero-order valence-electron chi connectivity index (χ0n) is 11.7. The number of nitrogens with zero attached hydrogens (tertiary/aromatic N) is 1. The number of benzene rings is 1. The molecule has 2 N–H and O–H groups in total. The fourth-order valence-corrected chi connectivity index (χ4v) is 3.17. The Balaban J connectivity index is 1.86. The molecule has 0 saturated carbocycles. The van der Waals surface area contributed by atoms with Gasteiger partial charge in [0.2, 0.25) is 5.91 Å². The van der Waals surface area contributed by atoms with E-state index in [1.165, 1.54) is 0 Å². The van der Waals surface area contributed by atoms with Gasteiger partial charge in [-0.3, -0.25) is 4.79 Å². The van der Waals surface area contributed by atoms with Crippen LogP contribution >= 0.6 is 0 Å². The number of hydrogen-bond acceptors (Lipinski definition) is 2. The van der Waals surface area contributed by atoms with Gasteiger partial charge in [0.05, 0.1) is 19.1 Å². The lowest BCUT2D eigenvalue weighted by molar-refractivity contribution is -0.131. The molecule has 1 aliphatic heterocycles. The van der Waals surface area contributed by atoms with Gasteiger partial charge in [-0.2, -0.15) is 0 Å². The lowest BCUT2D eigenvalue weighted by Crippen LogP contribution is -2.38. The topological polar surface area (TPSA) is 56.3 Å². The third-order valence-electron chi connectivity index (χ3n) is 4.26. The molecule has 1 unspecified atom stereocenters. The van der Waals surface area contributed by atoms with Crippen molar-refractivity contribution in [2.24, 2.45) is 0 Å². The zero-order valence-corrected chi connectivity index (χ0v) is 11.7. The Kier molecular flexibility index (Phi) is 3.49. The van der Waals surface area contributed by atoms with Crippen LogP contribution in [-0.4, -0.2) is 40.1 Å². The first-order valence-corrected chi connectivity index (χ1v) is 7.17. The fraction of sp³-hybridized carbons (Fsp3) is 0.438. The van der Waals surface area contributed by atoms with Crippen LogP contribution in [0, 0.1) is 6.92 Å². The first-order valence-electron chi connectivity index (χ1n) is 7.17. The van der Waals surface area contributed by atoms with Gasteiger partial charge < -0.3 is 15.0 Å². The van der Waals surface area contributed by atoms with Crippen molar-refractivity contribution in [2.45, 2.75) is 32.2 Å². The van der Waals surface area contributed by atoms with E-state index in [4.69, 9.17) is 0 Å². The lowest BCUT2D eigenvalue weighted by Gasteiger charge is -2.23. The molecule has 20 heavy (non-hydrogen) atoms. The predicted octanol–water partition coefficient (Wildman–Crippen LogP) is 2.00. The SMILES string of the molecule is Cc1[nH]c2ccccc2c1CC(=O)N1CCCC1CO. The van der Waals surface area contributed by atoms with Gasteiger partial charge in [-0.1, -0.05) is 18.2 Å². The second-order valence-corrected chi connectivity index (χ2v) is 5.52. The van der Waals surface area contributed by atoms with Gasteiger partial charge in [-0.15, -0.1) is 0 Å². The summed E-state index contributed by atoms with van der Waals surface area (Å²) in [5.41, 5.74) is 3.21. The van der Waals surface area contributed by atoms with Crippen LogP contribution in [0.3, 0.4) is 0 Å². The zero-order chi connectivity index (χ0) is 14.1. The first kappa shape index (κ1) is 13.2. The highest BCUT2D eigenvalue weighted by molar-refractivity contribution is 5.90. The smallest absolute Gasteiger partial charge is 0.227 e. The molecule has 1 atom stereocenters. The summed E-state index contributed by atoms with van der Waals surface area (Å²) >= 11 is 0. The van der Waals surface area contributed by atoms with Crippen LogP contribution in [0.1, 0.15) is 24.1 Å². The minimum absolute atomic E-state index is 0.00742. The lowest BCUT2D eigenvalue weighted by atomic mass is 10.1. The number of amides is 1. The summed E-state index contributed by atoms with van der Waals surface area (Å²) in [6, 6.07) is 8.08. The molecule has 1 aliphatic rings. The summed E-state index contributed by atoms with van der Waals surface area (Å²) in [5, 5.41) is 10.5. The predicted molar refractivity (Wildman–Crippen MR) is 78.6 cm³/mol. The molecule has 4 nitrogen and oxygen atoms in total. The number of aromatic nitrogens is 1. The fourth-order valence-electron chi connectivity index (χ4n) is 3.17. The van der Waals surface area contributed by atoms with E-state index >= 15 is 0 Å². The van der Waals surface area contributed by atoms with E-state index in [-0.39, 0.29) is 18.6 Å². The van der Waals surface area contributed by atoms with Crippen molar-refractivity contribution in [2.75, 3.05) is 13.2 Å². The van der Waals surface area contributed by atoms with Gasteiger partial charge >= 0.3 is 0 Å². The Labute approximate surface area is 118 Å². The average Bonchev–Trinajstić information content (AvgIpc) is 3.04. The maximum atomic E-state index is 12.5. The number of nitrogens with one attached hydrogen (secondary N) is 1. The standard InChI is InChI=1S/C16H20N2O2/c1-11-14(13-6-2-3-7-15(13)17-11)9-16(20)18-8-4-5-12(18)10-19/h2-3,6-7,12,17,19H,4-5,8-10H2,1H3. The Morgan fingerprint density at radius 2 is 2.25 bits per heavy atom. The van der Waals surface area contributed by atoms with E-state index in [1.807, 2.05) is 30.0 Å². The van der Waals surface area contributed by atoms with Gasteiger partial charge in [-0.05, 0) is 31.4 Å². The van der Waals surface area contributed by atoms with E-state index in [9.17, 15) is 9.90 Å². The molecular weight excluding hydrogens is 252 g/mol. The molecule has 4 heteroatoms. The number of rotatable bonds is 3. The molecule has 0 radical (unpaired) electrons. The number of carbonyl (C=O) groups excluding carboxylic acids is 1.